The first-order chi connectivity index (χ1) is 4.06. The molecular formula is C6H17N2O+. The maximum atomic E-state index is 4.85. The Morgan fingerprint density at radius 3 is 2.22 bits per heavy atom. The van der Waals surface area contributed by atoms with Gasteiger partial charge in [-0.05, 0) is 0 Å². The molecule has 0 saturated heterocycles. The van der Waals surface area contributed by atoms with Gasteiger partial charge in [-0.25, -0.2) is 5.90 Å². The topological polar surface area (TPSA) is 35.2 Å². The maximum Gasteiger partial charge on any atom is 0.0803 e. The first-order valence-corrected chi connectivity index (χ1v) is 3.18. The van der Waals surface area contributed by atoms with Gasteiger partial charge in [0.25, 0.3) is 0 Å². The molecule has 0 aromatic heterocycles. The fraction of sp³-hybridized carbons (Fsp3) is 1.00. The number of nitrogens with zero attached hydrogens (tertiary/aromatic N) is 1. The van der Waals surface area contributed by atoms with Crippen molar-refractivity contribution in [3.63, 3.8) is 0 Å². The van der Waals surface area contributed by atoms with Crippen molar-refractivity contribution in [2.45, 2.75) is 6.42 Å². The lowest BCUT2D eigenvalue weighted by molar-refractivity contribution is -0.870. The van der Waals surface area contributed by atoms with E-state index in [-0.39, 0.29) is 0 Å². The van der Waals surface area contributed by atoms with Crippen LogP contribution < -0.4 is 5.90 Å². The molecule has 0 amide bonds. The zero-order chi connectivity index (χ0) is 7.33. The number of quaternary nitrogens is 1. The molecule has 0 aliphatic heterocycles. The average Bonchev–Trinajstić information content (AvgIpc) is 1.63. The number of hydrogen-bond acceptors (Lipinski definition) is 2. The summed E-state index contributed by atoms with van der Waals surface area (Å²) < 4.78 is 0.976. The van der Waals surface area contributed by atoms with E-state index in [1.165, 1.54) is 0 Å². The SMILES string of the molecule is C[N+](C)([13CH3])[13CH2][13CH2][13CH2]ON. The molecule has 0 saturated carbocycles. The number of rotatable bonds is 4. The molecule has 0 aliphatic rings. The predicted octanol–water partition coefficient (Wildman–Crippen LogP) is -0.0270. The first kappa shape index (κ1) is 8.88. The lowest BCUT2D eigenvalue weighted by atomic mass is 10.9. The van der Waals surface area contributed by atoms with Crippen LogP contribution in [-0.2, 0) is 4.84 Å². The van der Waals surface area contributed by atoms with E-state index in [0.29, 0.717) is 6.61 Å². The second-order valence-electron chi connectivity index (χ2n) is 3.24. The molecule has 2 N–H and O–H groups in total. The summed E-state index contributed by atoms with van der Waals surface area (Å²) in [4.78, 5) is 4.43. The summed E-state index contributed by atoms with van der Waals surface area (Å²) in [6, 6.07) is 0. The van der Waals surface area contributed by atoms with E-state index in [1.807, 2.05) is 0 Å². The minimum Gasteiger partial charge on any atom is -0.331 e. The Labute approximate surface area is 56.9 Å². The molecule has 0 aliphatic carbocycles. The molecule has 0 heterocycles. The second kappa shape index (κ2) is 3.82. The fourth-order valence-electron chi connectivity index (χ4n) is 0.622. The van der Waals surface area contributed by atoms with E-state index in [1.54, 1.807) is 0 Å². The average molecular weight is 137 g/mol. The van der Waals surface area contributed by atoms with Gasteiger partial charge in [-0.15, -0.1) is 0 Å². The van der Waals surface area contributed by atoms with Crippen LogP contribution in [0.1, 0.15) is 6.42 Å². The molecule has 0 atom stereocenters. The lowest BCUT2D eigenvalue weighted by Gasteiger charge is -2.23. The van der Waals surface area contributed by atoms with Gasteiger partial charge in [-0.3, -0.25) is 0 Å². The van der Waals surface area contributed by atoms with Crippen LogP contribution in [0, 0.1) is 0 Å². The van der Waals surface area contributed by atoms with E-state index in [0.717, 1.165) is 17.4 Å². The van der Waals surface area contributed by atoms with Crippen LogP contribution in [0.3, 0.4) is 0 Å². The normalized spacial score (nSPS) is 12.0. The third kappa shape index (κ3) is 7.88. The monoisotopic (exact) mass is 137 g/mol. The molecule has 0 spiro atoms. The fourth-order valence-corrected chi connectivity index (χ4v) is 0.622. The molecule has 0 unspecified atom stereocenters. The van der Waals surface area contributed by atoms with E-state index in [4.69, 9.17) is 5.90 Å². The highest BCUT2D eigenvalue weighted by atomic mass is 16.7. The highest BCUT2D eigenvalue weighted by Gasteiger charge is 2.04. The Morgan fingerprint density at radius 2 is 1.89 bits per heavy atom. The Balaban J connectivity index is 3.07. The molecule has 0 bridgehead atoms. The van der Waals surface area contributed by atoms with E-state index >= 15 is 0 Å². The van der Waals surface area contributed by atoms with Gasteiger partial charge >= 0.3 is 0 Å². The quantitative estimate of drug-likeness (QED) is 0.256. The molecule has 0 aromatic carbocycles. The van der Waals surface area contributed by atoms with Gasteiger partial charge in [0.05, 0.1) is 34.3 Å². The Kier molecular flexibility index (Phi) is 3.77. The van der Waals surface area contributed by atoms with Crippen LogP contribution in [-0.4, -0.2) is 38.8 Å². The van der Waals surface area contributed by atoms with Crippen LogP contribution in [0.25, 0.3) is 0 Å². The zero-order valence-electron chi connectivity index (χ0n) is 6.55. The second-order valence-corrected chi connectivity index (χ2v) is 3.24. The Hall–Kier alpha value is -0.120. The van der Waals surface area contributed by atoms with Crippen LogP contribution in [0.15, 0.2) is 0 Å². The molecule has 3 heteroatoms. The predicted molar refractivity (Wildman–Crippen MR) is 37.7 cm³/mol. The molecule has 9 heavy (non-hydrogen) atoms. The lowest BCUT2D eigenvalue weighted by Crippen LogP contribution is -2.35. The highest BCUT2D eigenvalue weighted by molar-refractivity contribution is 4.30. The third-order valence-corrected chi connectivity index (χ3v) is 1.09. The minimum absolute atomic E-state index is 0.662. The molecular weight excluding hydrogens is 120 g/mol. The Morgan fingerprint density at radius 1 is 1.33 bits per heavy atom. The summed E-state index contributed by atoms with van der Waals surface area (Å²) in [6.07, 6.45) is 1.03. The van der Waals surface area contributed by atoms with Gasteiger partial charge < -0.3 is 9.32 Å². The van der Waals surface area contributed by atoms with Crippen molar-refractivity contribution >= 4 is 0 Å². The van der Waals surface area contributed by atoms with Crippen molar-refractivity contribution in [3.8, 4) is 0 Å². The van der Waals surface area contributed by atoms with Crippen molar-refractivity contribution in [2.24, 2.45) is 5.90 Å². The molecule has 56 valence electrons. The van der Waals surface area contributed by atoms with Gasteiger partial charge in [-0.1, -0.05) is 0 Å². The first-order valence-electron chi connectivity index (χ1n) is 3.18. The van der Waals surface area contributed by atoms with Crippen molar-refractivity contribution < 1.29 is 9.32 Å². The summed E-state index contributed by atoms with van der Waals surface area (Å²) in [5.74, 6) is 4.85. The summed E-state index contributed by atoms with van der Waals surface area (Å²) in [7, 11) is 6.45. The van der Waals surface area contributed by atoms with E-state index in [2.05, 4.69) is 26.0 Å². The van der Waals surface area contributed by atoms with Crippen LogP contribution >= 0.6 is 0 Å². The van der Waals surface area contributed by atoms with Crippen molar-refractivity contribution in [1.82, 2.24) is 0 Å². The minimum atomic E-state index is 0.662. The van der Waals surface area contributed by atoms with Crippen LogP contribution in [0.4, 0.5) is 0 Å². The summed E-state index contributed by atoms with van der Waals surface area (Å²) in [5, 5.41) is 0. The molecule has 3 nitrogen and oxygen atoms in total. The van der Waals surface area contributed by atoms with Gasteiger partial charge in [0.15, 0.2) is 0 Å². The van der Waals surface area contributed by atoms with Crippen molar-refractivity contribution in [1.29, 1.82) is 0 Å². The zero-order valence-corrected chi connectivity index (χ0v) is 6.55. The standard InChI is InChI=1S/C6H17N2O/c1-8(2,3)5-4-6-9-7/h4-7H2,1-3H3/q+1/i1+1,4+1,5+1,6+1. The van der Waals surface area contributed by atoms with Crippen LogP contribution in [0.5, 0.6) is 0 Å². The van der Waals surface area contributed by atoms with Gasteiger partial charge in [0.1, 0.15) is 0 Å². The summed E-state index contributed by atoms with van der Waals surface area (Å²) in [5.41, 5.74) is 0. The van der Waals surface area contributed by atoms with Crippen molar-refractivity contribution in [3.05, 3.63) is 0 Å². The molecule has 0 radical (unpaired) electrons. The van der Waals surface area contributed by atoms with Gasteiger partial charge in [0.2, 0.25) is 0 Å². The summed E-state index contributed by atoms with van der Waals surface area (Å²) >= 11 is 0. The van der Waals surface area contributed by atoms with Crippen molar-refractivity contribution in [2.75, 3.05) is 34.3 Å². The largest absolute Gasteiger partial charge is 0.331 e. The van der Waals surface area contributed by atoms with E-state index < -0.39 is 0 Å². The smallest absolute Gasteiger partial charge is 0.0803 e. The number of nitrogens with two attached hydrogens (primary N) is 1. The van der Waals surface area contributed by atoms with Gasteiger partial charge in [0, 0.05) is 6.42 Å². The maximum absolute atomic E-state index is 4.85. The summed E-state index contributed by atoms with van der Waals surface area (Å²) in [6.45, 7) is 1.77. The van der Waals surface area contributed by atoms with Gasteiger partial charge in [-0.2, -0.15) is 0 Å². The number of hydrogen-bond donors (Lipinski definition) is 1. The highest BCUT2D eigenvalue weighted by Crippen LogP contribution is 1.91. The molecule has 0 aromatic rings. The van der Waals surface area contributed by atoms with Crippen LogP contribution in [0.2, 0.25) is 0 Å². The molecule has 0 rings (SSSR count). The molecule has 0 fully saturated rings. The third-order valence-electron chi connectivity index (χ3n) is 1.09. The Bertz CT molecular complexity index is 67.9. The van der Waals surface area contributed by atoms with E-state index in [9.17, 15) is 0 Å².